The minimum absolute atomic E-state index is 0.118. The number of carbonyl (C=O) groups is 1. The Morgan fingerprint density at radius 1 is 1.06 bits per heavy atom. The van der Waals surface area contributed by atoms with E-state index in [1.165, 1.54) is 16.7 Å². The lowest BCUT2D eigenvalue weighted by Gasteiger charge is -2.35. The molecule has 0 atom stereocenters. The lowest BCUT2D eigenvalue weighted by atomic mass is 9.93. The topological polar surface area (TPSA) is 62.5 Å². The van der Waals surface area contributed by atoms with Crippen LogP contribution >= 0.6 is 0 Å². The number of likely N-dealkylation sites (tertiary alicyclic amines) is 1. The molecule has 2 aliphatic rings. The fraction of sp³-hybridized carbons (Fsp3) is 0.400. The van der Waals surface area contributed by atoms with Crippen LogP contribution in [0.15, 0.2) is 53.1 Å². The number of rotatable bonds is 4. The van der Waals surface area contributed by atoms with E-state index in [0.717, 1.165) is 51.0 Å². The Labute approximate surface area is 182 Å². The summed E-state index contributed by atoms with van der Waals surface area (Å²) < 4.78 is 5.49. The molecule has 2 aromatic carbocycles. The van der Waals surface area contributed by atoms with Crippen molar-refractivity contribution in [3.05, 3.63) is 71.1 Å². The molecule has 31 heavy (non-hydrogen) atoms. The molecule has 0 spiro atoms. The van der Waals surface area contributed by atoms with E-state index < -0.39 is 0 Å². The summed E-state index contributed by atoms with van der Waals surface area (Å²) in [7, 11) is 0. The second-order valence-corrected chi connectivity index (χ2v) is 8.71. The SMILES string of the molecule is Cc1cccc(-c2noc(CN3CCC(C(=O)N4CCc5ccccc5C4)CC3)n2)c1. The number of fused-ring (bicyclic) bond motifs is 1. The van der Waals surface area contributed by atoms with Gasteiger partial charge in [-0.15, -0.1) is 0 Å². The Balaban J connectivity index is 1.15. The summed E-state index contributed by atoms with van der Waals surface area (Å²) in [5.41, 5.74) is 4.82. The van der Waals surface area contributed by atoms with Crippen molar-refractivity contribution in [1.29, 1.82) is 0 Å². The third-order valence-corrected chi connectivity index (χ3v) is 6.48. The lowest BCUT2D eigenvalue weighted by Crippen LogP contribution is -2.44. The zero-order valence-corrected chi connectivity index (χ0v) is 18.0. The van der Waals surface area contributed by atoms with Crippen molar-refractivity contribution in [2.45, 2.75) is 39.3 Å². The third-order valence-electron chi connectivity index (χ3n) is 6.48. The standard InChI is InChI=1S/C25H28N4O2/c1-18-5-4-8-21(15-18)24-26-23(31-27-24)17-28-12-9-20(10-13-28)25(30)29-14-11-19-6-2-3-7-22(19)16-29/h2-8,15,20H,9-14,16-17H2,1H3. The zero-order chi connectivity index (χ0) is 21.2. The number of hydrogen-bond donors (Lipinski definition) is 0. The Kier molecular flexibility index (Phi) is 5.55. The maximum atomic E-state index is 13.1. The Morgan fingerprint density at radius 3 is 2.68 bits per heavy atom. The van der Waals surface area contributed by atoms with Crippen molar-refractivity contribution in [3.8, 4) is 11.4 Å². The molecule has 1 aromatic heterocycles. The first-order valence-electron chi connectivity index (χ1n) is 11.1. The van der Waals surface area contributed by atoms with Gasteiger partial charge in [0, 0.05) is 24.6 Å². The van der Waals surface area contributed by atoms with E-state index >= 15 is 0 Å². The predicted octanol–water partition coefficient (Wildman–Crippen LogP) is 3.84. The maximum Gasteiger partial charge on any atom is 0.241 e. The molecule has 6 heteroatoms. The van der Waals surface area contributed by atoms with Crippen molar-refractivity contribution < 1.29 is 9.32 Å². The molecular formula is C25H28N4O2. The Hall–Kier alpha value is -2.99. The van der Waals surface area contributed by atoms with Gasteiger partial charge in [-0.25, -0.2) is 0 Å². The van der Waals surface area contributed by atoms with Gasteiger partial charge < -0.3 is 9.42 Å². The van der Waals surface area contributed by atoms with Gasteiger partial charge in [-0.2, -0.15) is 4.98 Å². The van der Waals surface area contributed by atoms with Gasteiger partial charge in [-0.1, -0.05) is 53.2 Å². The van der Waals surface area contributed by atoms with Crippen LogP contribution in [0.2, 0.25) is 0 Å². The van der Waals surface area contributed by atoms with E-state index in [0.29, 0.717) is 24.2 Å². The van der Waals surface area contributed by atoms with E-state index in [2.05, 4.69) is 63.3 Å². The fourth-order valence-corrected chi connectivity index (χ4v) is 4.69. The number of amides is 1. The summed E-state index contributed by atoms with van der Waals surface area (Å²) in [5, 5.41) is 4.14. The molecule has 1 saturated heterocycles. The van der Waals surface area contributed by atoms with Crippen molar-refractivity contribution in [1.82, 2.24) is 19.9 Å². The van der Waals surface area contributed by atoms with Gasteiger partial charge in [-0.05, 0) is 56.5 Å². The number of piperidine rings is 1. The van der Waals surface area contributed by atoms with Crippen LogP contribution in [0.5, 0.6) is 0 Å². The highest BCUT2D eigenvalue weighted by Crippen LogP contribution is 2.25. The minimum atomic E-state index is 0.118. The Bertz CT molecular complexity index is 1070. The van der Waals surface area contributed by atoms with E-state index in [-0.39, 0.29) is 5.92 Å². The summed E-state index contributed by atoms with van der Waals surface area (Å²) >= 11 is 0. The number of aromatic nitrogens is 2. The molecule has 2 aliphatic heterocycles. The first-order chi connectivity index (χ1) is 15.2. The van der Waals surface area contributed by atoms with E-state index in [9.17, 15) is 4.79 Å². The average molecular weight is 417 g/mol. The summed E-state index contributed by atoms with van der Waals surface area (Å²) in [6, 6.07) is 16.6. The second kappa shape index (κ2) is 8.63. The largest absolute Gasteiger partial charge is 0.338 e. The van der Waals surface area contributed by atoms with E-state index in [1.807, 2.05) is 12.1 Å². The molecule has 0 saturated carbocycles. The van der Waals surface area contributed by atoms with Crippen LogP contribution in [0.25, 0.3) is 11.4 Å². The molecule has 160 valence electrons. The number of carbonyl (C=O) groups excluding carboxylic acids is 1. The van der Waals surface area contributed by atoms with Crippen molar-refractivity contribution >= 4 is 5.91 Å². The molecule has 1 fully saturated rings. The van der Waals surface area contributed by atoms with Crippen LogP contribution in [0.4, 0.5) is 0 Å². The summed E-state index contributed by atoms with van der Waals surface area (Å²) in [5.74, 6) is 1.70. The number of benzene rings is 2. The third kappa shape index (κ3) is 4.39. The second-order valence-electron chi connectivity index (χ2n) is 8.71. The highest BCUT2D eigenvalue weighted by atomic mass is 16.5. The smallest absolute Gasteiger partial charge is 0.241 e. The summed E-state index contributed by atoms with van der Waals surface area (Å²) in [4.78, 5) is 22.0. The predicted molar refractivity (Wildman–Crippen MR) is 118 cm³/mol. The summed E-state index contributed by atoms with van der Waals surface area (Å²) in [6.45, 7) is 6.03. The maximum absolute atomic E-state index is 13.1. The molecule has 5 rings (SSSR count). The number of aryl methyl sites for hydroxylation is 1. The number of hydrogen-bond acceptors (Lipinski definition) is 5. The molecule has 0 N–H and O–H groups in total. The van der Waals surface area contributed by atoms with Crippen LogP contribution in [0, 0.1) is 12.8 Å². The van der Waals surface area contributed by atoms with Gasteiger partial charge in [0.25, 0.3) is 0 Å². The fourth-order valence-electron chi connectivity index (χ4n) is 4.69. The van der Waals surface area contributed by atoms with Gasteiger partial charge in [0.05, 0.1) is 6.54 Å². The van der Waals surface area contributed by atoms with E-state index in [4.69, 9.17) is 4.52 Å². The minimum Gasteiger partial charge on any atom is -0.338 e. The molecule has 0 radical (unpaired) electrons. The normalized spacial score (nSPS) is 17.5. The van der Waals surface area contributed by atoms with Gasteiger partial charge in [0.2, 0.25) is 17.6 Å². The van der Waals surface area contributed by atoms with Crippen LogP contribution in [0.3, 0.4) is 0 Å². The summed E-state index contributed by atoms with van der Waals surface area (Å²) in [6.07, 6.45) is 2.73. The molecule has 1 amide bonds. The lowest BCUT2D eigenvalue weighted by molar-refractivity contribution is -0.138. The molecule has 0 aliphatic carbocycles. The number of nitrogens with zero attached hydrogens (tertiary/aromatic N) is 4. The zero-order valence-electron chi connectivity index (χ0n) is 18.0. The molecule has 0 unspecified atom stereocenters. The van der Waals surface area contributed by atoms with Gasteiger partial charge in [0.15, 0.2) is 0 Å². The molecule has 0 bridgehead atoms. The molecule has 3 aromatic rings. The van der Waals surface area contributed by atoms with Gasteiger partial charge in [0.1, 0.15) is 0 Å². The average Bonchev–Trinajstić information content (AvgIpc) is 3.27. The quantitative estimate of drug-likeness (QED) is 0.647. The highest BCUT2D eigenvalue weighted by molar-refractivity contribution is 5.79. The first kappa shape index (κ1) is 19.9. The monoisotopic (exact) mass is 416 g/mol. The van der Waals surface area contributed by atoms with Crippen molar-refractivity contribution in [2.75, 3.05) is 19.6 Å². The van der Waals surface area contributed by atoms with Crippen LogP contribution in [0.1, 0.15) is 35.4 Å². The molecule has 3 heterocycles. The van der Waals surface area contributed by atoms with Crippen LogP contribution in [-0.2, 0) is 24.3 Å². The van der Waals surface area contributed by atoms with E-state index in [1.54, 1.807) is 0 Å². The van der Waals surface area contributed by atoms with Crippen LogP contribution in [-0.4, -0.2) is 45.5 Å². The van der Waals surface area contributed by atoms with Gasteiger partial charge in [-0.3, -0.25) is 9.69 Å². The van der Waals surface area contributed by atoms with Crippen molar-refractivity contribution in [2.24, 2.45) is 5.92 Å². The van der Waals surface area contributed by atoms with Crippen molar-refractivity contribution in [3.63, 3.8) is 0 Å². The first-order valence-corrected chi connectivity index (χ1v) is 11.1. The molecular weight excluding hydrogens is 388 g/mol. The van der Waals surface area contributed by atoms with Gasteiger partial charge >= 0.3 is 0 Å². The van der Waals surface area contributed by atoms with Crippen LogP contribution < -0.4 is 0 Å². The molecule has 6 nitrogen and oxygen atoms in total. The Morgan fingerprint density at radius 2 is 1.87 bits per heavy atom. The highest BCUT2D eigenvalue weighted by Gasteiger charge is 2.30.